The summed E-state index contributed by atoms with van der Waals surface area (Å²) in [6.45, 7) is 6.70. The standard InChI is InChI=1S/C11H20N4O/c1-3-12-6-11-13-8-15(14-11)7-10-5-4-9(2)16-10/h8-10,12H,3-7H2,1-2H3. The summed E-state index contributed by atoms with van der Waals surface area (Å²) >= 11 is 0. The summed E-state index contributed by atoms with van der Waals surface area (Å²) in [4.78, 5) is 4.25. The summed E-state index contributed by atoms with van der Waals surface area (Å²) in [6, 6.07) is 0. The molecule has 0 spiro atoms. The molecule has 0 bridgehead atoms. The largest absolute Gasteiger partial charge is 0.373 e. The van der Waals surface area contributed by atoms with Crippen molar-refractivity contribution in [3.63, 3.8) is 0 Å². The topological polar surface area (TPSA) is 52.0 Å². The monoisotopic (exact) mass is 224 g/mol. The van der Waals surface area contributed by atoms with E-state index in [-0.39, 0.29) is 0 Å². The molecule has 1 aromatic heterocycles. The van der Waals surface area contributed by atoms with Gasteiger partial charge in [-0.25, -0.2) is 4.98 Å². The Bertz CT molecular complexity index is 326. The SMILES string of the molecule is CCNCc1ncn(CC2CCC(C)O2)n1. The first kappa shape index (κ1) is 11.5. The Morgan fingerprint density at radius 1 is 1.56 bits per heavy atom. The van der Waals surface area contributed by atoms with Gasteiger partial charge >= 0.3 is 0 Å². The molecule has 1 fully saturated rings. The number of hydrogen-bond donors (Lipinski definition) is 1. The number of hydrogen-bond acceptors (Lipinski definition) is 4. The molecular weight excluding hydrogens is 204 g/mol. The highest BCUT2D eigenvalue weighted by Gasteiger charge is 2.22. The van der Waals surface area contributed by atoms with Crippen LogP contribution in [-0.2, 0) is 17.8 Å². The third-order valence-electron chi connectivity index (χ3n) is 2.83. The van der Waals surface area contributed by atoms with E-state index in [4.69, 9.17) is 4.74 Å². The molecule has 2 atom stereocenters. The van der Waals surface area contributed by atoms with Crippen molar-refractivity contribution < 1.29 is 4.74 Å². The zero-order chi connectivity index (χ0) is 11.4. The van der Waals surface area contributed by atoms with Crippen molar-refractivity contribution in [2.75, 3.05) is 6.54 Å². The summed E-state index contributed by atoms with van der Waals surface area (Å²) in [6.07, 6.45) is 4.78. The maximum absolute atomic E-state index is 5.75. The van der Waals surface area contributed by atoms with Crippen LogP contribution in [-0.4, -0.2) is 33.5 Å². The summed E-state index contributed by atoms with van der Waals surface area (Å²) in [5.74, 6) is 0.855. The van der Waals surface area contributed by atoms with Gasteiger partial charge < -0.3 is 10.1 Å². The van der Waals surface area contributed by atoms with E-state index in [1.807, 2.05) is 4.68 Å². The van der Waals surface area contributed by atoms with Crippen LogP contribution in [0.15, 0.2) is 6.33 Å². The summed E-state index contributed by atoms with van der Waals surface area (Å²) in [5, 5.41) is 7.61. The Labute approximate surface area is 96.2 Å². The summed E-state index contributed by atoms with van der Waals surface area (Å²) in [7, 11) is 0. The van der Waals surface area contributed by atoms with Gasteiger partial charge in [0.1, 0.15) is 6.33 Å². The first-order valence-electron chi connectivity index (χ1n) is 6.02. The molecule has 2 rings (SSSR count). The van der Waals surface area contributed by atoms with Crippen molar-refractivity contribution in [1.29, 1.82) is 0 Å². The number of nitrogens with zero attached hydrogens (tertiary/aromatic N) is 3. The van der Waals surface area contributed by atoms with E-state index in [1.165, 1.54) is 0 Å². The number of rotatable bonds is 5. The lowest BCUT2D eigenvalue weighted by Gasteiger charge is -2.10. The molecule has 5 nitrogen and oxygen atoms in total. The molecule has 16 heavy (non-hydrogen) atoms. The van der Waals surface area contributed by atoms with Crippen molar-refractivity contribution in [3.8, 4) is 0 Å². The predicted molar refractivity (Wildman–Crippen MR) is 61.0 cm³/mol. The lowest BCUT2D eigenvalue weighted by molar-refractivity contribution is 0.0436. The smallest absolute Gasteiger partial charge is 0.164 e. The van der Waals surface area contributed by atoms with Crippen LogP contribution >= 0.6 is 0 Å². The molecule has 1 aliphatic heterocycles. The second-order valence-electron chi connectivity index (χ2n) is 4.31. The van der Waals surface area contributed by atoms with Crippen LogP contribution in [0.2, 0.25) is 0 Å². The average Bonchev–Trinajstić information content (AvgIpc) is 2.86. The van der Waals surface area contributed by atoms with E-state index in [0.29, 0.717) is 12.2 Å². The van der Waals surface area contributed by atoms with E-state index >= 15 is 0 Å². The normalized spacial score (nSPS) is 25.1. The second kappa shape index (κ2) is 5.41. The van der Waals surface area contributed by atoms with Crippen LogP contribution in [0.4, 0.5) is 0 Å². The minimum atomic E-state index is 0.309. The highest BCUT2D eigenvalue weighted by Crippen LogP contribution is 2.19. The van der Waals surface area contributed by atoms with E-state index in [2.05, 4.69) is 29.2 Å². The van der Waals surface area contributed by atoms with Crippen LogP contribution in [0.5, 0.6) is 0 Å². The van der Waals surface area contributed by atoms with E-state index in [0.717, 1.165) is 38.3 Å². The van der Waals surface area contributed by atoms with Crippen LogP contribution in [0.3, 0.4) is 0 Å². The molecular formula is C11H20N4O. The van der Waals surface area contributed by atoms with Gasteiger partial charge in [-0.05, 0) is 26.3 Å². The van der Waals surface area contributed by atoms with Gasteiger partial charge in [-0.3, -0.25) is 4.68 Å². The fourth-order valence-corrected chi connectivity index (χ4v) is 1.97. The highest BCUT2D eigenvalue weighted by atomic mass is 16.5. The molecule has 0 aliphatic carbocycles. The van der Waals surface area contributed by atoms with Gasteiger partial charge in [0, 0.05) is 0 Å². The summed E-state index contributed by atoms with van der Waals surface area (Å²) in [5.41, 5.74) is 0. The van der Waals surface area contributed by atoms with Gasteiger partial charge in [0.2, 0.25) is 0 Å². The molecule has 0 radical (unpaired) electrons. The second-order valence-corrected chi connectivity index (χ2v) is 4.31. The Hall–Kier alpha value is -0.940. The minimum Gasteiger partial charge on any atom is -0.373 e. The quantitative estimate of drug-likeness (QED) is 0.809. The Morgan fingerprint density at radius 2 is 2.44 bits per heavy atom. The highest BCUT2D eigenvalue weighted by molar-refractivity contribution is 4.81. The average molecular weight is 224 g/mol. The van der Waals surface area contributed by atoms with Gasteiger partial charge in [0.15, 0.2) is 5.82 Å². The van der Waals surface area contributed by atoms with E-state index < -0.39 is 0 Å². The van der Waals surface area contributed by atoms with Gasteiger partial charge in [0.05, 0.1) is 25.3 Å². The Balaban J connectivity index is 1.83. The van der Waals surface area contributed by atoms with E-state index in [1.54, 1.807) is 6.33 Å². The van der Waals surface area contributed by atoms with Crippen molar-refractivity contribution >= 4 is 0 Å². The Morgan fingerprint density at radius 3 is 3.12 bits per heavy atom. The first-order chi connectivity index (χ1) is 7.78. The van der Waals surface area contributed by atoms with Crippen LogP contribution < -0.4 is 5.32 Å². The molecule has 2 heterocycles. The maximum atomic E-state index is 5.75. The lowest BCUT2D eigenvalue weighted by Crippen LogP contribution is -2.18. The zero-order valence-corrected chi connectivity index (χ0v) is 10.0. The molecule has 2 unspecified atom stereocenters. The number of nitrogens with one attached hydrogen (secondary N) is 1. The van der Waals surface area contributed by atoms with Crippen molar-refractivity contribution in [2.45, 2.75) is 52.0 Å². The number of aromatic nitrogens is 3. The minimum absolute atomic E-state index is 0.309. The predicted octanol–water partition coefficient (Wildman–Crippen LogP) is 0.955. The van der Waals surface area contributed by atoms with Gasteiger partial charge in [-0.2, -0.15) is 5.10 Å². The molecule has 0 aromatic carbocycles. The fourth-order valence-electron chi connectivity index (χ4n) is 1.97. The molecule has 5 heteroatoms. The third kappa shape index (κ3) is 3.02. The molecule has 1 N–H and O–H groups in total. The van der Waals surface area contributed by atoms with Crippen molar-refractivity contribution in [2.24, 2.45) is 0 Å². The van der Waals surface area contributed by atoms with Gasteiger partial charge in [-0.15, -0.1) is 0 Å². The molecule has 1 saturated heterocycles. The molecule has 1 aliphatic rings. The van der Waals surface area contributed by atoms with Crippen molar-refractivity contribution in [1.82, 2.24) is 20.1 Å². The van der Waals surface area contributed by atoms with Crippen LogP contribution in [0.25, 0.3) is 0 Å². The number of ether oxygens (including phenoxy) is 1. The van der Waals surface area contributed by atoms with Crippen molar-refractivity contribution in [3.05, 3.63) is 12.2 Å². The van der Waals surface area contributed by atoms with Crippen LogP contribution in [0.1, 0.15) is 32.5 Å². The first-order valence-corrected chi connectivity index (χ1v) is 6.02. The summed E-state index contributed by atoms with van der Waals surface area (Å²) < 4.78 is 7.64. The molecule has 0 saturated carbocycles. The molecule has 90 valence electrons. The molecule has 1 aromatic rings. The lowest BCUT2D eigenvalue weighted by atomic mass is 10.2. The molecule has 0 amide bonds. The van der Waals surface area contributed by atoms with Gasteiger partial charge in [0.25, 0.3) is 0 Å². The third-order valence-corrected chi connectivity index (χ3v) is 2.83. The van der Waals surface area contributed by atoms with Crippen LogP contribution in [0, 0.1) is 0 Å². The maximum Gasteiger partial charge on any atom is 0.164 e. The zero-order valence-electron chi connectivity index (χ0n) is 10.0. The van der Waals surface area contributed by atoms with E-state index in [9.17, 15) is 0 Å². The Kier molecular flexibility index (Phi) is 3.90. The van der Waals surface area contributed by atoms with Gasteiger partial charge in [-0.1, -0.05) is 6.92 Å². The fraction of sp³-hybridized carbons (Fsp3) is 0.818.